The van der Waals surface area contributed by atoms with Gasteiger partial charge in [-0.3, -0.25) is 39.0 Å². The Bertz CT molecular complexity index is 1770. The molecule has 21 nitrogen and oxygen atoms in total. The van der Waals surface area contributed by atoms with Gasteiger partial charge in [-0.2, -0.15) is 0 Å². The lowest BCUT2D eigenvalue weighted by Gasteiger charge is -2.26. The van der Waals surface area contributed by atoms with E-state index in [1.54, 1.807) is 24.3 Å². The molecular weight excluding hydrogens is 778 g/mol. The van der Waals surface area contributed by atoms with E-state index in [0.717, 1.165) is 17.1 Å². The van der Waals surface area contributed by atoms with Crippen LogP contribution >= 0.6 is 0 Å². The first-order valence-corrected chi connectivity index (χ1v) is 18.6. The molecule has 1 aliphatic heterocycles. The highest BCUT2D eigenvalue weighted by Crippen LogP contribution is 2.18. The molecule has 1 aliphatic rings. The maximum absolute atomic E-state index is 12.5. The molecule has 0 fully saturated rings. The van der Waals surface area contributed by atoms with Crippen molar-refractivity contribution in [2.75, 3.05) is 57.9 Å². The summed E-state index contributed by atoms with van der Waals surface area (Å²) < 4.78 is 27.4. The Morgan fingerprint density at radius 3 is 2.20 bits per heavy atom. The third-order valence-corrected chi connectivity index (χ3v) is 8.23. The second kappa shape index (κ2) is 25.0. The van der Waals surface area contributed by atoms with Gasteiger partial charge in [0.05, 0.1) is 37.3 Å². The molecule has 6 amide bonds. The molecule has 21 heteroatoms. The van der Waals surface area contributed by atoms with E-state index in [9.17, 15) is 43.7 Å². The summed E-state index contributed by atoms with van der Waals surface area (Å²) in [6.45, 7) is 3.98. The molecule has 0 bridgehead atoms. The third-order valence-electron chi connectivity index (χ3n) is 8.23. The molecule has 3 rings (SSSR count). The summed E-state index contributed by atoms with van der Waals surface area (Å²) in [4.78, 5) is 94.6. The summed E-state index contributed by atoms with van der Waals surface area (Å²) in [5.41, 5.74) is 6.03. The van der Waals surface area contributed by atoms with Crippen LogP contribution in [-0.2, 0) is 49.5 Å². The molecule has 2 aromatic rings. The smallest absolute Gasteiger partial charge is 0.458 e. The zero-order chi connectivity index (χ0) is 43.2. The summed E-state index contributed by atoms with van der Waals surface area (Å²) in [5.74, 6) is -2.86. The van der Waals surface area contributed by atoms with Gasteiger partial charge in [-0.1, -0.05) is 26.0 Å². The second-order valence-corrected chi connectivity index (χ2v) is 13.3. The minimum atomic E-state index is -1.00. The minimum absolute atomic E-state index is 0.0210. The molecule has 2 aromatic carbocycles. The Hall–Kier alpha value is -6.45. The van der Waals surface area contributed by atoms with Gasteiger partial charge < -0.3 is 50.7 Å². The molecule has 0 unspecified atom stereocenters. The molecule has 2 atom stereocenters. The number of primary amides is 1. The Labute approximate surface area is 339 Å². The number of hydrogen-bond acceptors (Lipinski definition) is 15. The molecule has 1 heterocycles. The average Bonchev–Trinajstić information content (AvgIpc) is 3.51. The van der Waals surface area contributed by atoms with Crippen molar-refractivity contribution in [2.24, 2.45) is 11.7 Å². The Balaban J connectivity index is 1.29. The van der Waals surface area contributed by atoms with Crippen molar-refractivity contribution in [1.82, 2.24) is 20.9 Å². The first kappa shape index (κ1) is 46.9. The van der Waals surface area contributed by atoms with Gasteiger partial charge in [0, 0.05) is 43.1 Å². The quantitative estimate of drug-likeness (QED) is 0.0225. The van der Waals surface area contributed by atoms with E-state index >= 15 is 0 Å². The number of nitrogens with two attached hydrogens (primary N) is 1. The van der Waals surface area contributed by atoms with Crippen LogP contribution in [0.1, 0.15) is 38.7 Å². The maximum Gasteiger partial charge on any atom is 0.514 e. The summed E-state index contributed by atoms with van der Waals surface area (Å²) >= 11 is 0. The van der Waals surface area contributed by atoms with E-state index in [4.69, 9.17) is 29.4 Å². The maximum atomic E-state index is 12.5. The number of carbonyl (C=O) groups excluding carboxylic acids is 7. The SMILES string of the molecule is CC(C)[C@@H](CO[C@@H](CCCNC(N)=O)COCCCNCC(=O)NCC(=O)Nc1ccc(COC(=O)Oc2ccc([N+](=O)[O-])cc2)cc1)OC(=O)CN1C(=O)C=CC1=O. The van der Waals surface area contributed by atoms with Crippen molar-refractivity contribution in [3.8, 4) is 5.75 Å². The fraction of sp³-hybridized carbons (Fsp3) is 0.447. The molecule has 0 spiro atoms. The largest absolute Gasteiger partial charge is 0.514 e. The highest BCUT2D eigenvalue weighted by Gasteiger charge is 2.28. The number of carbonyl (C=O) groups is 7. The van der Waals surface area contributed by atoms with Crippen molar-refractivity contribution in [2.45, 2.75) is 51.9 Å². The van der Waals surface area contributed by atoms with Gasteiger partial charge in [0.2, 0.25) is 11.8 Å². The normalized spacial score (nSPS) is 13.1. The molecule has 0 aliphatic carbocycles. The number of rotatable bonds is 26. The molecule has 6 N–H and O–H groups in total. The Morgan fingerprint density at radius 1 is 0.864 bits per heavy atom. The van der Waals surface area contributed by atoms with E-state index in [1.165, 1.54) is 24.3 Å². The Kier molecular flexibility index (Phi) is 19.9. The Morgan fingerprint density at radius 2 is 1.56 bits per heavy atom. The number of nitro groups is 1. The average molecular weight is 828 g/mol. The van der Waals surface area contributed by atoms with Crippen LogP contribution < -0.4 is 31.7 Å². The number of hydrogen-bond donors (Lipinski definition) is 5. The number of urea groups is 1. The van der Waals surface area contributed by atoms with Crippen molar-refractivity contribution >= 4 is 53.2 Å². The molecule has 0 saturated carbocycles. The van der Waals surface area contributed by atoms with Crippen LogP contribution in [0.15, 0.2) is 60.7 Å². The van der Waals surface area contributed by atoms with Crippen molar-refractivity contribution < 1.29 is 62.2 Å². The van der Waals surface area contributed by atoms with Gasteiger partial charge in [0.1, 0.15) is 25.0 Å². The molecule has 320 valence electrons. The lowest BCUT2D eigenvalue weighted by Crippen LogP contribution is -2.39. The van der Waals surface area contributed by atoms with Crippen LogP contribution in [0.25, 0.3) is 0 Å². The number of nitrogens with zero attached hydrogens (tertiary/aromatic N) is 2. The summed E-state index contributed by atoms with van der Waals surface area (Å²) in [6.07, 6.45) is 1.62. The molecule has 0 radical (unpaired) electrons. The van der Waals surface area contributed by atoms with E-state index in [1.807, 2.05) is 13.8 Å². The summed E-state index contributed by atoms with van der Waals surface area (Å²) in [7, 11) is 0. The highest BCUT2D eigenvalue weighted by atomic mass is 16.7. The van der Waals surface area contributed by atoms with Crippen LogP contribution in [0.4, 0.5) is 21.0 Å². The summed E-state index contributed by atoms with van der Waals surface area (Å²) in [5, 5.41) is 21.4. The number of non-ortho nitro benzene ring substituents is 1. The summed E-state index contributed by atoms with van der Waals surface area (Å²) in [6, 6.07) is 10.7. The number of esters is 1. The van der Waals surface area contributed by atoms with E-state index in [2.05, 4.69) is 21.3 Å². The minimum Gasteiger partial charge on any atom is -0.458 e. The van der Waals surface area contributed by atoms with Gasteiger partial charge in [-0.05, 0) is 61.6 Å². The van der Waals surface area contributed by atoms with Crippen LogP contribution in [0, 0.1) is 16.0 Å². The van der Waals surface area contributed by atoms with Crippen molar-refractivity contribution in [3.05, 3.63) is 76.4 Å². The molecule has 59 heavy (non-hydrogen) atoms. The standard InChI is InChI=1S/C38H49N7O14/c1-25(2)31(59-36(50)21-44-34(48)14-15-35(44)49)24-56-30(5-3-17-41-37(39)51)23-55-18-4-16-40-19-32(46)42-20-33(47)43-27-8-6-26(7-9-27)22-57-38(52)58-29-12-10-28(11-13-29)45(53)54/h6-15,25,30-31,40H,3-5,16-24H2,1-2H3,(H,42,46)(H,43,47)(H3,39,41,51)/t30-,31+/m0/s1. The lowest BCUT2D eigenvalue weighted by molar-refractivity contribution is -0.384. The van der Waals surface area contributed by atoms with E-state index < -0.39 is 65.5 Å². The lowest BCUT2D eigenvalue weighted by atomic mass is 10.1. The first-order chi connectivity index (χ1) is 28.2. The van der Waals surface area contributed by atoms with Crippen LogP contribution in [-0.4, -0.2) is 116 Å². The number of anilines is 1. The fourth-order valence-corrected chi connectivity index (χ4v) is 5.02. The number of nitrogens with one attached hydrogen (secondary N) is 4. The molecule has 0 saturated heterocycles. The van der Waals surface area contributed by atoms with E-state index in [-0.39, 0.29) is 50.3 Å². The predicted octanol–water partition coefficient (Wildman–Crippen LogP) is 1.69. The van der Waals surface area contributed by atoms with Gasteiger partial charge >= 0.3 is 18.2 Å². The third kappa shape index (κ3) is 18.6. The van der Waals surface area contributed by atoms with Crippen LogP contribution in [0.2, 0.25) is 0 Å². The predicted molar refractivity (Wildman–Crippen MR) is 207 cm³/mol. The van der Waals surface area contributed by atoms with Gasteiger partial charge in [-0.15, -0.1) is 0 Å². The number of nitro benzene ring substituents is 1. The number of benzene rings is 2. The first-order valence-electron chi connectivity index (χ1n) is 18.6. The van der Waals surface area contributed by atoms with Crippen LogP contribution in [0.5, 0.6) is 5.75 Å². The number of imide groups is 1. The van der Waals surface area contributed by atoms with E-state index in [0.29, 0.717) is 50.2 Å². The number of amides is 6. The van der Waals surface area contributed by atoms with Crippen molar-refractivity contribution in [1.29, 1.82) is 0 Å². The zero-order valence-corrected chi connectivity index (χ0v) is 32.7. The number of ether oxygens (including phenoxy) is 5. The second-order valence-electron chi connectivity index (χ2n) is 13.3. The fourth-order valence-electron chi connectivity index (χ4n) is 5.02. The van der Waals surface area contributed by atoms with Gasteiger partial charge in [0.25, 0.3) is 17.5 Å². The monoisotopic (exact) mass is 827 g/mol. The van der Waals surface area contributed by atoms with Gasteiger partial charge in [0.15, 0.2) is 0 Å². The highest BCUT2D eigenvalue weighted by molar-refractivity contribution is 6.14. The van der Waals surface area contributed by atoms with Crippen molar-refractivity contribution in [3.63, 3.8) is 0 Å². The topological polar surface area (TPSA) is 286 Å². The molecule has 0 aromatic heterocycles. The zero-order valence-electron chi connectivity index (χ0n) is 32.7. The molecular formula is C38H49N7O14. The van der Waals surface area contributed by atoms with Crippen LogP contribution in [0.3, 0.4) is 0 Å². The van der Waals surface area contributed by atoms with Gasteiger partial charge in [-0.25, -0.2) is 9.59 Å².